The Labute approximate surface area is 194 Å². The molecule has 0 radical (unpaired) electrons. The minimum Gasteiger partial charge on any atom is -0.497 e. The number of benzene rings is 3. The lowest BCUT2D eigenvalue weighted by atomic mass is 9.98. The van der Waals surface area contributed by atoms with Crippen LogP contribution in [0.4, 0.5) is 15.8 Å². The standard InChI is InChI=1S/C25H27FN2O4S/c1-17(2)21-9-7-8-18(3)25(21)27-24(29)16-28(23-11-6-5-10-22(23)26)33(30,31)20-14-12-19(32-4)13-15-20/h5-15,17H,16H2,1-4H3,(H,27,29). The molecule has 0 heterocycles. The summed E-state index contributed by atoms with van der Waals surface area (Å²) in [4.78, 5) is 13.0. The molecule has 1 N–H and O–H groups in total. The Bertz CT molecular complexity index is 1240. The van der Waals surface area contributed by atoms with Gasteiger partial charge in [0.2, 0.25) is 5.91 Å². The fourth-order valence-corrected chi connectivity index (χ4v) is 4.91. The summed E-state index contributed by atoms with van der Waals surface area (Å²) < 4.78 is 47.4. The minimum atomic E-state index is -4.25. The predicted octanol–water partition coefficient (Wildman–Crippen LogP) is 5.10. The van der Waals surface area contributed by atoms with Gasteiger partial charge in [0.25, 0.3) is 10.0 Å². The van der Waals surface area contributed by atoms with Gasteiger partial charge < -0.3 is 10.1 Å². The van der Waals surface area contributed by atoms with Crippen molar-refractivity contribution in [2.24, 2.45) is 0 Å². The highest BCUT2D eigenvalue weighted by Gasteiger charge is 2.29. The first-order chi connectivity index (χ1) is 15.6. The normalized spacial score (nSPS) is 11.3. The van der Waals surface area contributed by atoms with E-state index in [4.69, 9.17) is 4.74 Å². The van der Waals surface area contributed by atoms with Gasteiger partial charge in [0, 0.05) is 5.69 Å². The van der Waals surface area contributed by atoms with E-state index < -0.39 is 28.3 Å². The van der Waals surface area contributed by atoms with Crippen LogP contribution in [-0.2, 0) is 14.8 Å². The highest BCUT2D eigenvalue weighted by Crippen LogP contribution is 2.29. The second kappa shape index (κ2) is 10.0. The van der Waals surface area contributed by atoms with Crippen molar-refractivity contribution in [3.05, 3.63) is 83.7 Å². The lowest BCUT2D eigenvalue weighted by Gasteiger charge is -2.25. The van der Waals surface area contributed by atoms with Crippen molar-refractivity contribution in [1.82, 2.24) is 0 Å². The maximum absolute atomic E-state index is 14.7. The Hall–Kier alpha value is -3.39. The lowest BCUT2D eigenvalue weighted by Crippen LogP contribution is -2.39. The van der Waals surface area contributed by atoms with Crippen molar-refractivity contribution in [2.75, 3.05) is 23.3 Å². The van der Waals surface area contributed by atoms with Gasteiger partial charge in [0.15, 0.2) is 0 Å². The second-order valence-electron chi connectivity index (χ2n) is 7.88. The summed E-state index contributed by atoms with van der Waals surface area (Å²) in [5.74, 6) is -0.705. The molecule has 0 fully saturated rings. The van der Waals surface area contributed by atoms with E-state index in [0.29, 0.717) is 11.4 Å². The number of nitrogens with one attached hydrogen (secondary N) is 1. The van der Waals surface area contributed by atoms with Gasteiger partial charge in [-0.3, -0.25) is 9.10 Å². The number of para-hydroxylation sites is 2. The van der Waals surface area contributed by atoms with Crippen LogP contribution in [0, 0.1) is 12.7 Å². The summed E-state index contributed by atoms with van der Waals surface area (Å²) in [5.41, 5.74) is 2.20. The van der Waals surface area contributed by atoms with Crippen molar-refractivity contribution in [1.29, 1.82) is 0 Å². The van der Waals surface area contributed by atoms with Crippen LogP contribution in [0.1, 0.15) is 30.9 Å². The largest absolute Gasteiger partial charge is 0.497 e. The molecule has 3 aromatic rings. The van der Waals surface area contributed by atoms with Crippen LogP contribution >= 0.6 is 0 Å². The van der Waals surface area contributed by atoms with Crippen molar-refractivity contribution in [2.45, 2.75) is 31.6 Å². The highest BCUT2D eigenvalue weighted by atomic mass is 32.2. The van der Waals surface area contributed by atoms with Crippen LogP contribution in [-0.4, -0.2) is 28.0 Å². The van der Waals surface area contributed by atoms with Gasteiger partial charge in [-0.25, -0.2) is 12.8 Å². The second-order valence-corrected chi connectivity index (χ2v) is 9.74. The number of amides is 1. The molecular weight excluding hydrogens is 443 g/mol. The third kappa shape index (κ3) is 5.34. The number of carbonyl (C=O) groups excluding carboxylic acids is 1. The maximum atomic E-state index is 14.7. The number of aryl methyl sites for hydroxylation is 1. The van der Waals surface area contributed by atoms with E-state index in [2.05, 4.69) is 5.32 Å². The Morgan fingerprint density at radius 2 is 1.70 bits per heavy atom. The fourth-order valence-electron chi connectivity index (χ4n) is 3.48. The van der Waals surface area contributed by atoms with Crippen LogP contribution in [0.3, 0.4) is 0 Å². The predicted molar refractivity (Wildman–Crippen MR) is 128 cm³/mol. The summed E-state index contributed by atoms with van der Waals surface area (Å²) in [5, 5.41) is 2.83. The van der Waals surface area contributed by atoms with Crippen LogP contribution < -0.4 is 14.4 Å². The maximum Gasteiger partial charge on any atom is 0.264 e. The summed E-state index contributed by atoms with van der Waals surface area (Å²) >= 11 is 0. The first-order valence-electron chi connectivity index (χ1n) is 10.5. The molecule has 3 rings (SSSR count). The van der Waals surface area contributed by atoms with E-state index in [0.717, 1.165) is 21.5 Å². The molecule has 174 valence electrons. The Morgan fingerprint density at radius 1 is 1.03 bits per heavy atom. The van der Waals surface area contributed by atoms with E-state index in [1.807, 2.05) is 39.0 Å². The zero-order valence-electron chi connectivity index (χ0n) is 19.0. The summed E-state index contributed by atoms with van der Waals surface area (Å²) in [7, 11) is -2.78. The number of sulfonamides is 1. The number of carbonyl (C=O) groups is 1. The van der Waals surface area contributed by atoms with Gasteiger partial charge in [-0.05, 0) is 60.4 Å². The molecule has 0 unspecified atom stereocenters. The number of methoxy groups -OCH3 is 1. The molecular formula is C25H27FN2O4S. The van der Waals surface area contributed by atoms with Crippen LogP contribution in [0.15, 0.2) is 71.6 Å². The number of halogens is 1. The van der Waals surface area contributed by atoms with Crippen molar-refractivity contribution < 1.29 is 22.3 Å². The molecule has 0 spiro atoms. The average molecular weight is 471 g/mol. The molecule has 0 saturated heterocycles. The summed E-state index contributed by atoms with van der Waals surface area (Å²) in [6.07, 6.45) is 0. The van der Waals surface area contributed by atoms with Crippen molar-refractivity contribution >= 4 is 27.3 Å². The molecule has 0 aliphatic rings. The van der Waals surface area contributed by atoms with Crippen LogP contribution in [0.25, 0.3) is 0 Å². The third-order valence-corrected chi connectivity index (χ3v) is 7.02. The monoisotopic (exact) mass is 470 g/mol. The fraction of sp³-hybridized carbons (Fsp3) is 0.240. The first kappa shape index (κ1) is 24.3. The number of hydrogen-bond acceptors (Lipinski definition) is 4. The van der Waals surface area contributed by atoms with Gasteiger partial charge in [0.05, 0.1) is 17.7 Å². The SMILES string of the molecule is COc1ccc(S(=O)(=O)N(CC(=O)Nc2c(C)cccc2C(C)C)c2ccccc2F)cc1. The molecule has 0 aliphatic heterocycles. The van der Waals surface area contributed by atoms with E-state index >= 15 is 0 Å². The molecule has 0 saturated carbocycles. The topological polar surface area (TPSA) is 75.7 Å². The van der Waals surface area contributed by atoms with E-state index in [1.165, 1.54) is 49.6 Å². The van der Waals surface area contributed by atoms with Gasteiger partial charge >= 0.3 is 0 Å². The van der Waals surface area contributed by atoms with Crippen LogP contribution in [0.5, 0.6) is 5.75 Å². The quantitative estimate of drug-likeness (QED) is 0.497. The first-order valence-corrected chi connectivity index (χ1v) is 11.9. The van der Waals surface area contributed by atoms with Gasteiger partial charge in [-0.2, -0.15) is 0 Å². The van der Waals surface area contributed by atoms with Gasteiger partial charge in [-0.15, -0.1) is 0 Å². The van der Waals surface area contributed by atoms with Gasteiger partial charge in [0.1, 0.15) is 18.1 Å². The van der Waals surface area contributed by atoms with Crippen molar-refractivity contribution in [3.63, 3.8) is 0 Å². The van der Waals surface area contributed by atoms with E-state index in [9.17, 15) is 17.6 Å². The minimum absolute atomic E-state index is 0.0851. The smallest absolute Gasteiger partial charge is 0.264 e. The lowest BCUT2D eigenvalue weighted by molar-refractivity contribution is -0.114. The van der Waals surface area contributed by atoms with Crippen molar-refractivity contribution in [3.8, 4) is 5.75 Å². The van der Waals surface area contributed by atoms with Gasteiger partial charge in [-0.1, -0.05) is 44.2 Å². The zero-order chi connectivity index (χ0) is 24.2. The molecule has 0 atom stereocenters. The molecule has 0 aliphatic carbocycles. The molecule has 8 heteroatoms. The molecule has 33 heavy (non-hydrogen) atoms. The summed E-state index contributed by atoms with van der Waals surface area (Å²) in [6.45, 7) is 5.28. The Morgan fingerprint density at radius 3 is 2.30 bits per heavy atom. The molecule has 0 aromatic heterocycles. The summed E-state index contributed by atoms with van der Waals surface area (Å²) in [6, 6.07) is 16.9. The van der Waals surface area contributed by atoms with E-state index in [1.54, 1.807) is 0 Å². The Balaban J connectivity index is 2.00. The number of hydrogen-bond donors (Lipinski definition) is 1. The zero-order valence-corrected chi connectivity index (χ0v) is 19.8. The molecule has 0 bridgehead atoms. The Kier molecular flexibility index (Phi) is 7.38. The molecule has 3 aromatic carbocycles. The van der Waals surface area contributed by atoms with E-state index in [-0.39, 0.29) is 16.5 Å². The highest BCUT2D eigenvalue weighted by molar-refractivity contribution is 7.92. The third-order valence-electron chi connectivity index (χ3n) is 5.25. The number of ether oxygens (including phenoxy) is 1. The van der Waals surface area contributed by atoms with Crippen LogP contribution in [0.2, 0.25) is 0 Å². The average Bonchev–Trinajstić information content (AvgIpc) is 2.79. The molecule has 6 nitrogen and oxygen atoms in total. The number of nitrogens with zero attached hydrogens (tertiary/aromatic N) is 1. The molecule has 1 amide bonds. The number of rotatable bonds is 8. The number of anilines is 2.